The Morgan fingerprint density at radius 3 is 2.61 bits per heavy atom. The number of carbonyl (C=O) groups excluding carboxylic acids is 1. The number of esters is 1. The van der Waals surface area contributed by atoms with Crippen molar-refractivity contribution in [2.45, 2.75) is 26.0 Å². The number of benzene rings is 2. The van der Waals surface area contributed by atoms with Crippen molar-refractivity contribution in [3.63, 3.8) is 0 Å². The second-order valence-corrected chi connectivity index (χ2v) is 5.56. The Morgan fingerprint density at radius 1 is 1.17 bits per heavy atom. The average Bonchev–Trinajstić information content (AvgIpc) is 2.55. The molecular formula is C18H20ClNO3. The predicted octanol–water partition coefficient (Wildman–Crippen LogP) is 3.35. The van der Waals surface area contributed by atoms with Gasteiger partial charge in [0.2, 0.25) is 0 Å². The molecule has 2 rings (SSSR count). The molecule has 0 radical (unpaired) electrons. The van der Waals surface area contributed by atoms with Crippen molar-refractivity contribution >= 4 is 17.6 Å². The molecule has 0 aliphatic carbocycles. The highest BCUT2D eigenvalue weighted by Crippen LogP contribution is 2.17. The van der Waals surface area contributed by atoms with E-state index >= 15 is 0 Å². The van der Waals surface area contributed by atoms with Crippen molar-refractivity contribution in [2.75, 3.05) is 6.61 Å². The number of carbonyl (C=O) groups is 1. The number of rotatable bonds is 7. The number of nitrogens with two attached hydrogens (primary N) is 1. The fraction of sp³-hybridized carbons (Fsp3) is 0.278. The molecule has 0 saturated carbocycles. The fourth-order valence-electron chi connectivity index (χ4n) is 2.10. The molecule has 4 nitrogen and oxygen atoms in total. The summed E-state index contributed by atoms with van der Waals surface area (Å²) in [6.45, 7) is 2.54. The highest BCUT2D eigenvalue weighted by Gasteiger charge is 2.15. The van der Waals surface area contributed by atoms with Gasteiger partial charge in [-0.3, -0.25) is 4.79 Å². The van der Waals surface area contributed by atoms with Gasteiger partial charge in [0.25, 0.3) is 0 Å². The van der Waals surface area contributed by atoms with Crippen LogP contribution >= 0.6 is 11.6 Å². The van der Waals surface area contributed by atoms with E-state index in [1.54, 1.807) is 6.92 Å². The first-order valence-corrected chi connectivity index (χ1v) is 7.84. The summed E-state index contributed by atoms with van der Waals surface area (Å²) < 4.78 is 10.7. The van der Waals surface area contributed by atoms with Gasteiger partial charge in [0.15, 0.2) is 0 Å². The summed E-state index contributed by atoms with van der Waals surface area (Å²) in [7, 11) is 0. The maximum absolute atomic E-state index is 11.6. The van der Waals surface area contributed by atoms with E-state index in [0.29, 0.717) is 24.7 Å². The van der Waals surface area contributed by atoms with Crippen LogP contribution in [0.4, 0.5) is 0 Å². The third-order valence-electron chi connectivity index (χ3n) is 3.26. The van der Waals surface area contributed by atoms with Crippen LogP contribution in [0.5, 0.6) is 5.75 Å². The number of ether oxygens (including phenoxy) is 2. The lowest BCUT2D eigenvalue weighted by Gasteiger charge is -2.12. The lowest BCUT2D eigenvalue weighted by atomic mass is 10.1. The summed E-state index contributed by atoms with van der Waals surface area (Å²) >= 11 is 5.86. The van der Waals surface area contributed by atoms with Crippen LogP contribution in [0, 0.1) is 0 Å². The molecule has 2 N–H and O–H groups in total. The van der Waals surface area contributed by atoms with Crippen LogP contribution in [0.3, 0.4) is 0 Å². The third kappa shape index (κ3) is 5.58. The van der Waals surface area contributed by atoms with E-state index in [2.05, 4.69) is 0 Å². The standard InChI is InChI=1S/C18H20ClNO3/c1-2-22-18(21)17(20)11-14-4-3-5-16(10-14)23-12-13-6-8-15(19)9-7-13/h3-10,17H,2,11-12,20H2,1H3. The third-order valence-corrected chi connectivity index (χ3v) is 3.51. The molecule has 2 aromatic carbocycles. The van der Waals surface area contributed by atoms with Gasteiger partial charge in [-0.25, -0.2) is 0 Å². The topological polar surface area (TPSA) is 61.5 Å². The minimum Gasteiger partial charge on any atom is -0.489 e. The van der Waals surface area contributed by atoms with E-state index in [1.165, 1.54) is 0 Å². The van der Waals surface area contributed by atoms with Gasteiger partial charge in [-0.1, -0.05) is 35.9 Å². The van der Waals surface area contributed by atoms with E-state index in [0.717, 1.165) is 16.9 Å². The molecule has 0 aromatic heterocycles. The Hall–Kier alpha value is -2.04. The van der Waals surface area contributed by atoms with Gasteiger partial charge in [0, 0.05) is 5.02 Å². The van der Waals surface area contributed by atoms with Crippen molar-refractivity contribution < 1.29 is 14.3 Å². The molecule has 0 amide bonds. The van der Waals surface area contributed by atoms with E-state index in [9.17, 15) is 4.79 Å². The summed E-state index contributed by atoms with van der Waals surface area (Å²) in [6.07, 6.45) is 0.414. The van der Waals surface area contributed by atoms with Gasteiger partial charge < -0.3 is 15.2 Å². The second-order valence-electron chi connectivity index (χ2n) is 5.13. The Morgan fingerprint density at radius 2 is 1.91 bits per heavy atom. The fourth-order valence-corrected chi connectivity index (χ4v) is 2.22. The molecule has 0 heterocycles. The van der Waals surface area contributed by atoms with Crippen LogP contribution in [-0.4, -0.2) is 18.6 Å². The smallest absolute Gasteiger partial charge is 0.323 e. The average molecular weight is 334 g/mol. The van der Waals surface area contributed by atoms with Gasteiger partial charge >= 0.3 is 5.97 Å². The Labute approximate surface area is 141 Å². The van der Waals surface area contributed by atoms with Crippen molar-refractivity contribution in [3.05, 3.63) is 64.7 Å². The molecule has 23 heavy (non-hydrogen) atoms. The summed E-state index contributed by atoms with van der Waals surface area (Å²) in [5.41, 5.74) is 7.80. The van der Waals surface area contributed by atoms with Crippen molar-refractivity contribution in [1.82, 2.24) is 0 Å². The summed E-state index contributed by atoms with van der Waals surface area (Å²) in [4.78, 5) is 11.6. The summed E-state index contributed by atoms with van der Waals surface area (Å²) in [5, 5.41) is 0.698. The molecule has 0 spiro atoms. The van der Waals surface area contributed by atoms with Crippen molar-refractivity contribution in [3.8, 4) is 5.75 Å². The second kappa shape index (κ2) is 8.56. The van der Waals surface area contributed by atoms with Crippen LogP contribution in [0.15, 0.2) is 48.5 Å². The molecule has 0 fully saturated rings. The maximum atomic E-state index is 11.6. The zero-order chi connectivity index (χ0) is 16.7. The number of halogens is 1. The maximum Gasteiger partial charge on any atom is 0.323 e. The molecule has 5 heteroatoms. The van der Waals surface area contributed by atoms with Crippen LogP contribution in [-0.2, 0) is 22.6 Å². The van der Waals surface area contributed by atoms with Gasteiger partial charge in [-0.2, -0.15) is 0 Å². The molecule has 0 aliphatic heterocycles. The minimum atomic E-state index is -0.665. The molecular weight excluding hydrogens is 314 g/mol. The molecule has 2 aromatic rings. The Kier molecular flexibility index (Phi) is 6.44. The molecule has 122 valence electrons. The Bertz CT molecular complexity index is 643. The van der Waals surface area contributed by atoms with Gasteiger partial charge in [0.05, 0.1) is 6.61 Å². The van der Waals surface area contributed by atoms with Crippen LogP contribution < -0.4 is 10.5 Å². The van der Waals surface area contributed by atoms with E-state index < -0.39 is 6.04 Å². The summed E-state index contributed by atoms with van der Waals surface area (Å²) in [6, 6.07) is 14.4. The number of hydrogen-bond acceptors (Lipinski definition) is 4. The molecule has 1 unspecified atom stereocenters. The van der Waals surface area contributed by atoms with Gasteiger partial charge in [0.1, 0.15) is 18.4 Å². The quantitative estimate of drug-likeness (QED) is 0.789. The zero-order valence-corrected chi connectivity index (χ0v) is 13.8. The van der Waals surface area contributed by atoms with E-state index in [4.69, 9.17) is 26.8 Å². The first kappa shape index (κ1) is 17.3. The predicted molar refractivity (Wildman–Crippen MR) is 90.5 cm³/mol. The van der Waals surface area contributed by atoms with Gasteiger partial charge in [-0.15, -0.1) is 0 Å². The highest BCUT2D eigenvalue weighted by molar-refractivity contribution is 6.30. The zero-order valence-electron chi connectivity index (χ0n) is 13.0. The Balaban J connectivity index is 1.94. The lowest BCUT2D eigenvalue weighted by Crippen LogP contribution is -2.34. The van der Waals surface area contributed by atoms with E-state index in [-0.39, 0.29) is 5.97 Å². The molecule has 0 saturated heterocycles. The first-order chi connectivity index (χ1) is 11.1. The molecule has 0 aliphatic rings. The largest absolute Gasteiger partial charge is 0.489 e. The van der Waals surface area contributed by atoms with E-state index in [1.807, 2.05) is 48.5 Å². The van der Waals surface area contributed by atoms with Crippen LogP contribution in [0.1, 0.15) is 18.1 Å². The van der Waals surface area contributed by atoms with Crippen molar-refractivity contribution in [1.29, 1.82) is 0 Å². The van der Waals surface area contributed by atoms with Crippen LogP contribution in [0.2, 0.25) is 5.02 Å². The monoisotopic (exact) mass is 333 g/mol. The minimum absolute atomic E-state index is 0.330. The molecule has 0 bridgehead atoms. The van der Waals surface area contributed by atoms with Crippen molar-refractivity contribution in [2.24, 2.45) is 5.73 Å². The summed E-state index contributed by atoms with van der Waals surface area (Å²) in [5.74, 6) is 0.341. The lowest BCUT2D eigenvalue weighted by molar-refractivity contribution is -0.144. The first-order valence-electron chi connectivity index (χ1n) is 7.47. The van der Waals surface area contributed by atoms with Gasteiger partial charge in [-0.05, 0) is 48.7 Å². The van der Waals surface area contributed by atoms with Crippen LogP contribution in [0.25, 0.3) is 0 Å². The normalized spacial score (nSPS) is 11.8. The SMILES string of the molecule is CCOC(=O)C(N)Cc1cccc(OCc2ccc(Cl)cc2)c1. The number of hydrogen-bond donors (Lipinski definition) is 1. The molecule has 1 atom stereocenters. The highest BCUT2D eigenvalue weighted by atomic mass is 35.5.